The first-order valence-electron chi connectivity index (χ1n) is 7.65. The van der Waals surface area contributed by atoms with Gasteiger partial charge in [-0.25, -0.2) is 0 Å². The molecule has 0 aromatic heterocycles. The van der Waals surface area contributed by atoms with E-state index in [1.807, 2.05) is 6.08 Å². The van der Waals surface area contributed by atoms with E-state index in [9.17, 15) is 0 Å². The highest BCUT2D eigenvalue weighted by Gasteiger charge is 2.16. The van der Waals surface area contributed by atoms with Crippen LogP contribution in [0.25, 0.3) is 0 Å². The Morgan fingerprint density at radius 3 is 2.59 bits per heavy atom. The molecular weight excluding hydrogens is 206 g/mol. The van der Waals surface area contributed by atoms with Crippen molar-refractivity contribution in [3.63, 3.8) is 0 Å². The minimum absolute atomic E-state index is 0.763. The van der Waals surface area contributed by atoms with Gasteiger partial charge in [-0.1, -0.05) is 44.6 Å². The van der Waals surface area contributed by atoms with E-state index < -0.39 is 0 Å². The van der Waals surface area contributed by atoms with Gasteiger partial charge in [-0.15, -0.1) is 6.58 Å². The number of unbranched alkanes of at least 4 members (excludes halogenated alkanes) is 3. The minimum atomic E-state index is 0.763. The third-order valence-corrected chi connectivity index (χ3v) is 4.27. The Labute approximate surface area is 108 Å². The van der Waals surface area contributed by atoms with Crippen molar-refractivity contribution in [1.82, 2.24) is 5.32 Å². The van der Waals surface area contributed by atoms with Crippen LogP contribution in [0.1, 0.15) is 70.6 Å². The Morgan fingerprint density at radius 1 is 1.18 bits per heavy atom. The first kappa shape index (κ1) is 14.8. The summed E-state index contributed by atoms with van der Waals surface area (Å²) in [6, 6.07) is 0.763. The third kappa shape index (κ3) is 6.88. The van der Waals surface area contributed by atoms with E-state index in [4.69, 9.17) is 0 Å². The molecule has 0 saturated heterocycles. The molecule has 0 amide bonds. The van der Waals surface area contributed by atoms with Gasteiger partial charge in [0.05, 0.1) is 0 Å². The van der Waals surface area contributed by atoms with Crippen molar-refractivity contribution in [3.05, 3.63) is 12.7 Å². The van der Waals surface area contributed by atoms with Crippen LogP contribution in [0.5, 0.6) is 0 Å². The fraction of sp³-hybridized carbons (Fsp3) is 0.875. The monoisotopic (exact) mass is 237 g/mol. The van der Waals surface area contributed by atoms with Gasteiger partial charge in [-0.2, -0.15) is 0 Å². The van der Waals surface area contributed by atoms with Crippen molar-refractivity contribution < 1.29 is 0 Å². The average Bonchev–Trinajstić information content (AvgIpc) is 2.86. The highest BCUT2D eigenvalue weighted by molar-refractivity contribution is 4.72. The van der Waals surface area contributed by atoms with Gasteiger partial charge in [0.2, 0.25) is 0 Å². The number of nitrogens with one attached hydrogen (secondary N) is 1. The van der Waals surface area contributed by atoms with Gasteiger partial charge < -0.3 is 5.32 Å². The quantitative estimate of drug-likeness (QED) is 0.429. The molecule has 1 aliphatic carbocycles. The van der Waals surface area contributed by atoms with Gasteiger partial charge in [0, 0.05) is 6.04 Å². The van der Waals surface area contributed by atoms with Crippen molar-refractivity contribution in [2.75, 3.05) is 7.05 Å². The van der Waals surface area contributed by atoms with Crippen molar-refractivity contribution in [1.29, 1.82) is 0 Å². The first-order chi connectivity index (χ1) is 8.36. The van der Waals surface area contributed by atoms with Crippen LogP contribution in [0.3, 0.4) is 0 Å². The second-order valence-electron chi connectivity index (χ2n) is 5.64. The van der Waals surface area contributed by atoms with Gasteiger partial charge in [0.15, 0.2) is 0 Å². The van der Waals surface area contributed by atoms with Gasteiger partial charge in [0.25, 0.3) is 0 Å². The lowest BCUT2D eigenvalue weighted by atomic mass is 9.96. The van der Waals surface area contributed by atoms with Gasteiger partial charge in [-0.05, 0) is 45.1 Å². The molecule has 1 N–H and O–H groups in total. The molecule has 1 nitrogen and oxygen atoms in total. The Bertz CT molecular complexity index is 182. The van der Waals surface area contributed by atoms with E-state index in [0.717, 1.165) is 12.0 Å². The van der Waals surface area contributed by atoms with Crippen molar-refractivity contribution >= 4 is 0 Å². The Balaban J connectivity index is 2.00. The summed E-state index contributed by atoms with van der Waals surface area (Å²) in [6.45, 7) is 3.77. The standard InChI is InChI=1S/C16H31N/c1-3-4-5-6-7-12-16(17-2)14-13-15-10-8-9-11-15/h3,15-17H,1,4-14H2,2H3. The SMILES string of the molecule is C=CCCCCCC(CCC1CCCC1)NC. The fourth-order valence-corrected chi connectivity index (χ4v) is 3.03. The molecule has 0 radical (unpaired) electrons. The second-order valence-corrected chi connectivity index (χ2v) is 5.64. The summed E-state index contributed by atoms with van der Waals surface area (Å²) in [7, 11) is 2.13. The highest BCUT2D eigenvalue weighted by atomic mass is 14.9. The lowest BCUT2D eigenvalue weighted by Gasteiger charge is -2.18. The molecule has 1 heteroatoms. The summed E-state index contributed by atoms with van der Waals surface area (Å²) in [4.78, 5) is 0. The van der Waals surface area contributed by atoms with Crippen molar-refractivity contribution in [2.45, 2.75) is 76.7 Å². The molecule has 1 rings (SSSR count). The number of rotatable bonds is 10. The van der Waals surface area contributed by atoms with Crippen LogP contribution in [0, 0.1) is 5.92 Å². The van der Waals surface area contributed by atoms with Gasteiger partial charge >= 0.3 is 0 Å². The van der Waals surface area contributed by atoms with E-state index >= 15 is 0 Å². The van der Waals surface area contributed by atoms with Crippen molar-refractivity contribution in [2.24, 2.45) is 5.92 Å². The predicted molar refractivity (Wildman–Crippen MR) is 77.3 cm³/mol. The molecule has 100 valence electrons. The van der Waals surface area contributed by atoms with E-state index in [2.05, 4.69) is 18.9 Å². The molecule has 1 saturated carbocycles. The second kappa shape index (κ2) is 9.70. The molecule has 0 spiro atoms. The van der Waals surface area contributed by atoms with Crippen molar-refractivity contribution in [3.8, 4) is 0 Å². The summed E-state index contributed by atoms with van der Waals surface area (Å²) >= 11 is 0. The number of hydrogen-bond acceptors (Lipinski definition) is 1. The molecule has 0 aromatic carbocycles. The topological polar surface area (TPSA) is 12.0 Å². The zero-order valence-corrected chi connectivity index (χ0v) is 11.7. The maximum absolute atomic E-state index is 3.77. The Kier molecular flexibility index (Phi) is 8.42. The zero-order chi connectivity index (χ0) is 12.3. The molecule has 0 heterocycles. The smallest absolute Gasteiger partial charge is 0.00641 e. The zero-order valence-electron chi connectivity index (χ0n) is 11.7. The summed E-state index contributed by atoms with van der Waals surface area (Å²) in [5.74, 6) is 1.05. The van der Waals surface area contributed by atoms with E-state index in [1.54, 1.807) is 0 Å². The molecule has 1 fully saturated rings. The normalized spacial score (nSPS) is 18.4. The van der Waals surface area contributed by atoms with Crippen LogP contribution in [0.15, 0.2) is 12.7 Å². The molecule has 0 aliphatic heterocycles. The minimum Gasteiger partial charge on any atom is -0.317 e. The first-order valence-corrected chi connectivity index (χ1v) is 7.65. The molecule has 17 heavy (non-hydrogen) atoms. The van der Waals surface area contributed by atoms with Crippen LogP contribution in [-0.4, -0.2) is 13.1 Å². The number of allylic oxidation sites excluding steroid dienone is 1. The Hall–Kier alpha value is -0.300. The fourth-order valence-electron chi connectivity index (χ4n) is 3.03. The summed E-state index contributed by atoms with van der Waals surface area (Å²) in [5.41, 5.74) is 0. The maximum Gasteiger partial charge on any atom is 0.00641 e. The molecular formula is C16H31N. The highest BCUT2D eigenvalue weighted by Crippen LogP contribution is 2.29. The molecule has 0 aromatic rings. The number of hydrogen-bond donors (Lipinski definition) is 1. The van der Waals surface area contributed by atoms with Crippen LogP contribution >= 0.6 is 0 Å². The lowest BCUT2D eigenvalue weighted by molar-refractivity contribution is 0.396. The maximum atomic E-state index is 3.77. The third-order valence-electron chi connectivity index (χ3n) is 4.27. The molecule has 1 aliphatic rings. The largest absolute Gasteiger partial charge is 0.317 e. The summed E-state index contributed by atoms with van der Waals surface area (Å²) < 4.78 is 0. The molecule has 0 bridgehead atoms. The van der Waals surface area contributed by atoms with E-state index in [-0.39, 0.29) is 0 Å². The van der Waals surface area contributed by atoms with Crippen LogP contribution in [0.2, 0.25) is 0 Å². The van der Waals surface area contributed by atoms with Crippen LogP contribution in [0.4, 0.5) is 0 Å². The summed E-state index contributed by atoms with van der Waals surface area (Å²) in [6.07, 6.45) is 17.5. The van der Waals surface area contributed by atoms with Crippen LogP contribution < -0.4 is 5.32 Å². The predicted octanol–water partition coefficient (Wildman–Crippen LogP) is 4.68. The van der Waals surface area contributed by atoms with E-state index in [0.29, 0.717) is 0 Å². The Morgan fingerprint density at radius 2 is 1.94 bits per heavy atom. The van der Waals surface area contributed by atoms with Gasteiger partial charge in [-0.3, -0.25) is 0 Å². The lowest BCUT2D eigenvalue weighted by Crippen LogP contribution is -2.25. The van der Waals surface area contributed by atoms with Gasteiger partial charge in [0.1, 0.15) is 0 Å². The average molecular weight is 237 g/mol. The summed E-state index contributed by atoms with van der Waals surface area (Å²) in [5, 5.41) is 3.50. The molecule has 1 atom stereocenters. The van der Waals surface area contributed by atoms with E-state index in [1.165, 1.54) is 70.6 Å². The van der Waals surface area contributed by atoms with Crippen LogP contribution in [-0.2, 0) is 0 Å². The molecule has 1 unspecified atom stereocenters.